The third-order valence-corrected chi connectivity index (χ3v) is 5.08. The lowest BCUT2D eigenvalue weighted by Gasteiger charge is -2.30. The van der Waals surface area contributed by atoms with Crippen LogP contribution in [-0.2, 0) is 28.9 Å². The highest BCUT2D eigenvalue weighted by Crippen LogP contribution is 2.23. The van der Waals surface area contributed by atoms with Gasteiger partial charge in [0.25, 0.3) is 5.91 Å². The van der Waals surface area contributed by atoms with Gasteiger partial charge in [0.1, 0.15) is 11.5 Å². The molecule has 0 unspecified atom stereocenters. The van der Waals surface area contributed by atoms with Crippen molar-refractivity contribution in [3.63, 3.8) is 0 Å². The van der Waals surface area contributed by atoms with Gasteiger partial charge >= 0.3 is 0 Å². The van der Waals surface area contributed by atoms with Gasteiger partial charge in [-0.25, -0.2) is 4.98 Å². The number of rotatable bonds is 7. The number of fused-ring (bicyclic) bond motifs is 1. The molecule has 2 N–H and O–H groups in total. The number of ketones is 1. The summed E-state index contributed by atoms with van der Waals surface area (Å²) in [5.41, 5.74) is 0.0273. The molecule has 0 aromatic carbocycles. The first-order chi connectivity index (χ1) is 12.9. The number of hydrogen-bond donors (Lipinski definition) is 2. The van der Waals surface area contributed by atoms with E-state index < -0.39 is 11.6 Å². The van der Waals surface area contributed by atoms with Crippen LogP contribution in [0.3, 0.4) is 0 Å². The fourth-order valence-corrected chi connectivity index (χ4v) is 3.46. The lowest BCUT2D eigenvalue weighted by Crippen LogP contribution is -2.49. The minimum atomic E-state index is -0.805. The first-order valence-electron chi connectivity index (χ1n) is 10.2. The first kappa shape index (κ1) is 22.6. The number of aromatic nitrogens is 2. The van der Waals surface area contributed by atoms with Crippen LogP contribution in [-0.4, -0.2) is 51.2 Å². The average Bonchev–Trinajstić information content (AvgIpc) is 2.76. The number of nitrogens with one attached hydrogen (secondary N) is 1. The van der Waals surface area contributed by atoms with E-state index in [4.69, 9.17) is 4.74 Å². The Kier molecular flexibility index (Phi) is 7.04. The van der Waals surface area contributed by atoms with Crippen molar-refractivity contribution in [2.45, 2.75) is 85.4 Å². The summed E-state index contributed by atoms with van der Waals surface area (Å²) in [6.45, 7) is 12.9. The molecule has 2 heterocycles. The molecule has 0 saturated carbocycles. The van der Waals surface area contributed by atoms with Gasteiger partial charge in [0, 0.05) is 25.8 Å². The molecule has 7 nitrogen and oxygen atoms in total. The van der Waals surface area contributed by atoms with E-state index in [1.54, 1.807) is 13.8 Å². The van der Waals surface area contributed by atoms with Gasteiger partial charge in [-0.3, -0.25) is 9.59 Å². The predicted octanol–water partition coefficient (Wildman–Crippen LogP) is 2.28. The molecule has 1 aromatic heterocycles. The van der Waals surface area contributed by atoms with Crippen molar-refractivity contribution in [1.29, 1.82) is 0 Å². The number of aryl methyl sites for hydroxylation is 1. The van der Waals surface area contributed by atoms with Crippen molar-refractivity contribution < 1.29 is 19.4 Å². The second-order valence-corrected chi connectivity index (χ2v) is 9.24. The minimum absolute atomic E-state index is 0.0109. The van der Waals surface area contributed by atoms with Crippen LogP contribution < -0.4 is 5.32 Å². The van der Waals surface area contributed by atoms with Crippen LogP contribution in [0.2, 0.25) is 0 Å². The summed E-state index contributed by atoms with van der Waals surface area (Å²) in [5, 5.41) is 13.0. The van der Waals surface area contributed by atoms with Gasteiger partial charge < -0.3 is 19.7 Å². The summed E-state index contributed by atoms with van der Waals surface area (Å²) in [7, 11) is 0. The van der Waals surface area contributed by atoms with E-state index in [0.29, 0.717) is 51.1 Å². The van der Waals surface area contributed by atoms with E-state index in [2.05, 4.69) is 10.3 Å². The Morgan fingerprint density at radius 3 is 2.50 bits per heavy atom. The smallest absolute Gasteiger partial charge is 0.272 e. The molecule has 1 aromatic rings. The molecule has 1 aliphatic heterocycles. The Morgan fingerprint density at radius 2 is 1.93 bits per heavy atom. The lowest BCUT2D eigenvalue weighted by atomic mass is 9.83. The number of amides is 1. The molecular weight excluding hydrogens is 358 g/mol. The van der Waals surface area contributed by atoms with E-state index in [1.807, 2.05) is 32.3 Å². The summed E-state index contributed by atoms with van der Waals surface area (Å²) >= 11 is 0. The third kappa shape index (κ3) is 5.64. The number of hydrogen-bond acceptors (Lipinski definition) is 5. The quantitative estimate of drug-likeness (QED) is 0.741. The van der Waals surface area contributed by atoms with Gasteiger partial charge in [0.15, 0.2) is 5.78 Å². The number of nitrogens with zero attached hydrogens (tertiary/aromatic N) is 2. The Balaban J connectivity index is 2.34. The number of aliphatic hydroxyl groups is 1. The molecule has 0 radical (unpaired) electrons. The van der Waals surface area contributed by atoms with Crippen molar-refractivity contribution in [3.8, 4) is 0 Å². The van der Waals surface area contributed by atoms with E-state index in [0.717, 1.165) is 11.5 Å². The van der Waals surface area contributed by atoms with Crippen molar-refractivity contribution in [2.75, 3.05) is 13.2 Å². The molecule has 28 heavy (non-hydrogen) atoms. The first-order valence-corrected chi connectivity index (χ1v) is 10.2. The SMILES string of the molecule is CCC(=O)[C@@H](NC(=O)c1nc(CCC(C)(C)O)n2c1CCOCC2)C(C)(C)C. The van der Waals surface area contributed by atoms with Crippen LogP contribution in [0.4, 0.5) is 0 Å². The molecular formula is C21H35N3O4. The van der Waals surface area contributed by atoms with Crippen molar-refractivity contribution in [1.82, 2.24) is 14.9 Å². The summed E-state index contributed by atoms with van der Waals surface area (Å²) in [6, 6.07) is -0.566. The van der Waals surface area contributed by atoms with Crippen LogP contribution in [0.1, 0.15) is 76.4 Å². The Morgan fingerprint density at radius 1 is 1.25 bits per heavy atom. The number of imidazole rings is 1. The number of carbonyl (C=O) groups excluding carboxylic acids is 2. The Hall–Kier alpha value is -1.73. The summed E-state index contributed by atoms with van der Waals surface area (Å²) < 4.78 is 7.62. The number of carbonyl (C=O) groups is 2. The zero-order valence-electron chi connectivity index (χ0n) is 18.1. The second kappa shape index (κ2) is 8.74. The molecule has 0 aliphatic carbocycles. The molecule has 1 aliphatic rings. The zero-order chi connectivity index (χ0) is 21.1. The van der Waals surface area contributed by atoms with E-state index in [-0.39, 0.29) is 17.1 Å². The van der Waals surface area contributed by atoms with E-state index >= 15 is 0 Å². The third-order valence-electron chi connectivity index (χ3n) is 5.08. The largest absolute Gasteiger partial charge is 0.390 e. The molecule has 158 valence electrons. The van der Waals surface area contributed by atoms with Crippen molar-refractivity contribution >= 4 is 11.7 Å². The monoisotopic (exact) mass is 393 g/mol. The molecule has 1 atom stereocenters. The fraction of sp³-hybridized carbons (Fsp3) is 0.762. The molecule has 0 fully saturated rings. The van der Waals surface area contributed by atoms with E-state index in [1.165, 1.54) is 0 Å². The maximum absolute atomic E-state index is 13.1. The average molecular weight is 394 g/mol. The summed E-state index contributed by atoms with van der Waals surface area (Å²) in [4.78, 5) is 30.1. The molecule has 1 amide bonds. The van der Waals surface area contributed by atoms with Crippen LogP contribution in [0.5, 0.6) is 0 Å². The molecule has 0 saturated heterocycles. The molecule has 0 spiro atoms. The highest BCUT2D eigenvalue weighted by molar-refractivity contribution is 5.97. The predicted molar refractivity (Wildman–Crippen MR) is 107 cm³/mol. The minimum Gasteiger partial charge on any atom is -0.390 e. The van der Waals surface area contributed by atoms with Crippen molar-refractivity contribution in [3.05, 3.63) is 17.2 Å². The van der Waals surface area contributed by atoms with Gasteiger partial charge in [-0.05, 0) is 25.7 Å². The van der Waals surface area contributed by atoms with Crippen LogP contribution >= 0.6 is 0 Å². The topological polar surface area (TPSA) is 93.5 Å². The highest BCUT2D eigenvalue weighted by Gasteiger charge is 2.33. The Bertz CT molecular complexity index is 710. The number of Topliss-reactive ketones (excluding diaryl/α,β-unsaturated/α-hetero) is 1. The maximum atomic E-state index is 13.1. The van der Waals surface area contributed by atoms with Gasteiger partial charge in [-0.2, -0.15) is 0 Å². The normalized spacial score (nSPS) is 16.2. The van der Waals surface area contributed by atoms with E-state index in [9.17, 15) is 14.7 Å². The van der Waals surface area contributed by atoms with Crippen LogP contribution in [0.25, 0.3) is 0 Å². The molecule has 7 heteroatoms. The van der Waals surface area contributed by atoms with Gasteiger partial charge in [-0.1, -0.05) is 27.7 Å². The fourth-order valence-electron chi connectivity index (χ4n) is 3.46. The lowest BCUT2D eigenvalue weighted by molar-refractivity contribution is -0.122. The zero-order valence-corrected chi connectivity index (χ0v) is 18.1. The maximum Gasteiger partial charge on any atom is 0.272 e. The summed E-state index contributed by atoms with van der Waals surface area (Å²) in [6.07, 6.45) is 2.08. The van der Waals surface area contributed by atoms with Gasteiger partial charge in [0.2, 0.25) is 0 Å². The number of ether oxygens (including phenoxy) is 1. The standard InChI is InChI=1S/C21H35N3O4/c1-7-15(25)18(20(2,3)4)23-19(26)17-14-9-12-28-13-11-24(14)16(22-17)8-10-21(5,6)27/h18,27H,7-13H2,1-6H3,(H,23,26)/t18-/m1/s1. The van der Waals surface area contributed by atoms with Crippen LogP contribution in [0.15, 0.2) is 0 Å². The van der Waals surface area contributed by atoms with Gasteiger partial charge in [-0.15, -0.1) is 0 Å². The highest BCUT2D eigenvalue weighted by atomic mass is 16.5. The van der Waals surface area contributed by atoms with Crippen LogP contribution in [0, 0.1) is 5.41 Å². The second-order valence-electron chi connectivity index (χ2n) is 9.24. The van der Waals surface area contributed by atoms with Crippen molar-refractivity contribution in [2.24, 2.45) is 5.41 Å². The Labute approximate surface area is 167 Å². The van der Waals surface area contributed by atoms with Gasteiger partial charge in [0.05, 0.1) is 30.6 Å². The summed E-state index contributed by atoms with van der Waals surface area (Å²) in [5.74, 6) is 0.473. The molecule has 0 bridgehead atoms. The molecule has 2 rings (SSSR count).